The molecule has 0 spiro atoms. The lowest BCUT2D eigenvalue weighted by Crippen LogP contribution is -2.60. The second-order valence-corrected chi connectivity index (χ2v) is 13.4. The van der Waals surface area contributed by atoms with Crippen molar-refractivity contribution in [2.75, 3.05) is 41.3 Å². The molecule has 0 saturated carbocycles. The summed E-state index contributed by atoms with van der Waals surface area (Å²) in [6, 6.07) is 2.84. The molecule has 3 heterocycles. The van der Waals surface area contributed by atoms with Crippen LogP contribution in [0.25, 0.3) is 0 Å². The molecular weight excluding hydrogens is 609 g/mol. The van der Waals surface area contributed by atoms with Crippen LogP contribution in [-0.4, -0.2) is 77.5 Å². The Morgan fingerprint density at radius 1 is 0.891 bits per heavy atom. The predicted molar refractivity (Wildman–Crippen MR) is 165 cm³/mol. The minimum absolute atomic E-state index is 0.0173. The summed E-state index contributed by atoms with van der Waals surface area (Å²) in [6.45, 7) is 11.9. The maximum atomic E-state index is 13.9. The molecule has 3 amide bonds. The van der Waals surface area contributed by atoms with E-state index in [1.54, 1.807) is 51.3 Å². The van der Waals surface area contributed by atoms with Crippen molar-refractivity contribution in [3.63, 3.8) is 0 Å². The molecule has 2 aliphatic heterocycles. The topological polar surface area (TPSA) is 164 Å². The summed E-state index contributed by atoms with van der Waals surface area (Å²) in [7, 11) is 0. The zero-order chi connectivity index (χ0) is 34.0. The van der Waals surface area contributed by atoms with Gasteiger partial charge < -0.3 is 41.0 Å². The number of piperidine rings is 1. The molecule has 2 saturated heterocycles. The highest BCUT2D eigenvalue weighted by Crippen LogP contribution is 2.37. The van der Waals surface area contributed by atoms with E-state index in [1.807, 2.05) is 0 Å². The van der Waals surface area contributed by atoms with Crippen molar-refractivity contribution in [2.24, 2.45) is 5.73 Å². The Balaban J connectivity index is 1.53. The van der Waals surface area contributed by atoms with Gasteiger partial charge in [0.25, 0.3) is 5.91 Å². The normalized spacial score (nSPS) is 17.5. The molecule has 2 fully saturated rings. The van der Waals surface area contributed by atoms with E-state index in [-0.39, 0.29) is 53.9 Å². The summed E-state index contributed by atoms with van der Waals surface area (Å²) >= 11 is 0. The lowest BCUT2D eigenvalue weighted by Gasteiger charge is -2.41. The Bertz CT molecular complexity index is 1450. The number of primary amides is 1. The Kier molecular flexibility index (Phi) is 9.78. The molecule has 1 aromatic carbocycles. The number of carbonyl (C=O) groups is 3. The van der Waals surface area contributed by atoms with Gasteiger partial charge in [-0.25, -0.2) is 14.6 Å². The molecule has 1 atom stereocenters. The number of hydrogen-bond acceptors (Lipinski definition) is 10. The monoisotopic (exact) mass is 650 g/mol. The van der Waals surface area contributed by atoms with Crippen LogP contribution in [0.15, 0.2) is 24.4 Å². The second kappa shape index (κ2) is 13.1. The van der Waals surface area contributed by atoms with E-state index in [0.29, 0.717) is 25.9 Å². The molecule has 1 aromatic heterocycles. The fourth-order valence-electron chi connectivity index (χ4n) is 4.97. The van der Waals surface area contributed by atoms with E-state index in [0.717, 1.165) is 12.1 Å². The number of benzene rings is 1. The third kappa shape index (κ3) is 9.50. The first-order valence-corrected chi connectivity index (χ1v) is 14.9. The van der Waals surface area contributed by atoms with Crippen LogP contribution in [0.1, 0.15) is 70.3 Å². The Labute approximate surface area is 265 Å². The quantitative estimate of drug-likeness (QED) is 0.334. The molecule has 0 bridgehead atoms. The Hall–Kier alpha value is -4.50. The van der Waals surface area contributed by atoms with Gasteiger partial charge in [0, 0.05) is 49.8 Å². The number of anilines is 4. The van der Waals surface area contributed by atoms with Gasteiger partial charge in [-0.1, -0.05) is 0 Å². The number of hydrogen-bond donors (Lipinski definition) is 4. The molecule has 252 valence electrons. The first-order valence-electron chi connectivity index (χ1n) is 14.9. The van der Waals surface area contributed by atoms with Gasteiger partial charge in [0.1, 0.15) is 22.6 Å². The van der Waals surface area contributed by atoms with Gasteiger partial charge in [-0.05, 0) is 72.6 Å². The summed E-state index contributed by atoms with van der Waals surface area (Å²) < 4.78 is 52.4. The predicted octanol–water partition coefficient (Wildman–Crippen LogP) is 4.54. The molecule has 16 heteroatoms. The van der Waals surface area contributed by atoms with Gasteiger partial charge in [-0.15, -0.1) is 0 Å². The number of rotatable bonds is 7. The van der Waals surface area contributed by atoms with E-state index in [2.05, 4.69) is 25.9 Å². The summed E-state index contributed by atoms with van der Waals surface area (Å²) in [5, 5.41) is 8.39. The van der Waals surface area contributed by atoms with Gasteiger partial charge >= 0.3 is 18.4 Å². The van der Waals surface area contributed by atoms with E-state index in [9.17, 15) is 27.6 Å². The molecule has 2 aliphatic rings. The van der Waals surface area contributed by atoms with Gasteiger partial charge in [0.2, 0.25) is 5.95 Å². The number of aromatic nitrogens is 2. The zero-order valence-corrected chi connectivity index (χ0v) is 26.7. The number of carbonyl (C=O) groups excluding carboxylic acids is 3. The molecule has 4 rings (SSSR count). The molecule has 46 heavy (non-hydrogen) atoms. The first kappa shape index (κ1) is 34.4. The summed E-state index contributed by atoms with van der Waals surface area (Å²) in [5.41, 5.74) is 3.44. The Morgan fingerprint density at radius 2 is 1.48 bits per heavy atom. The maximum absolute atomic E-state index is 13.9. The van der Waals surface area contributed by atoms with Gasteiger partial charge in [0.15, 0.2) is 0 Å². The number of ether oxygens (including phenoxy) is 2. The third-order valence-corrected chi connectivity index (χ3v) is 6.94. The number of nitrogens with zero attached hydrogens (tertiary/aromatic N) is 4. The zero-order valence-electron chi connectivity index (χ0n) is 26.7. The minimum atomic E-state index is -4.67. The first-order chi connectivity index (χ1) is 21.3. The van der Waals surface area contributed by atoms with Crippen molar-refractivity contribution in [3.8, 4) is 0 Å². The third-order valence-electron chi connectivity index (χ3n) is 6.94. The van der Waals surface area contributed by atoms with Crippen molar-refractivity contribution in [1.29, 1.82) is 0 Å². The number of nitrogens with two attached hydrogens (primary N) is 1. The SMILES string of the molecule is CC(C)(C)OC(=O)NC1CN(c2cc(Nc3nc(N4CCC[C@H](NC(=O)OC(C)(C)C)C4)ncc3C(N)=O)cc(C(F)(F)F)c2)C1. The molecule has 2 aromatic rings. The van der Waals surface area contributed by atoms with Crippen LogP contribution in [0.3, 0.4) is 0 Å². The van der Waals surface area contributed by atoms with Crippen molar-refractivity contribution < 1.29 is 37.0 Å². The molecular formula is C30H41F3N8O5. The highest BCUT2D eigenvalue weighted by atomic mass is 19.4. The van der Waals surface area contributed by atoms with E-state index >= 15 is 0 Å². The number of alkyl carbamates (subject to hydrolysis) is 2. The van der Waals surface area contributed by atoms with Crippen LogP contribution in [0.4, 0.5) is 45.9 Å². The number of amides is 3. The van der Waals surface area contributed by atoms with Crippen molar-refractivity contribution in [1.82, 2.24) is 20.6 Å². The molecule has 5 N–H and O–H groups in total. The van der Waals surface area contributed by atoms with Crippen molar-refractivity contribution in [3.05, 3.63) is 35.5 Å². The van der Waals surface area contributed by atoms with Crippen LogP contribution in [0.2, 0.25) is 0 Å². The number of nitrogens with one attached hydrogen (secondary N) is 3. The fraction of sp³-hybridized carbons (Fsp3) is 0.567. The molecule has 0 aliphatic carbocycles. The largest absolute Gasteiger partial charge is 0.444 e. The lowest BCUT2D eigenvalue weighted by atomic mass is 10.1. The van der Waals surface area contributed by atoms with Crippen molar-refractivity contribution in [2.45, 2.75) is 83.8 Å². The van der Waals surface area contributed by atoms with Crippen LogP contribution in [-0.2, 0) is 15.7 Å². The fourth-order valence-corrected chi connectivity index (χ4v) is 4.97. The van der Waals surface area contributed by atoms with Gasteiger partial charge in [-0.3, -0.25) is 4.79 Å². The van der Waals surface area contributed by atoms with E-state index < -0.39 is 41.0 Å². The van der Waals surface area contributed by atoms with Crippen LogP contribution >= 0.6 is 0 Å². The highest BCUT2D eigenvalue weighted by molar-refractivity contribution is 5.98. The summed E-state index contributed by atoms with van der Waals surface area (Å²) in [6.07, 6.45) is -3.23. The smallest absolute Gasteiger partial charge is 0.416 e. The van der Waals surface area contributed by atoms with E-state index in [4.69, 9.17) is 15.2 Å². The Morgan fingerprint density at radius 3 is 2.04 bits per heavy atom. The molecule has 13 nitrogen and oxygen atoms in total. The summed E-state index contributed by atoms with van der Waals surface area (Å²) in [5.74, 6) is -0.740. The summed E-state index contributed by atoms with van der Waals surface area (Å²) in [4.78, 5) is 48.9. The average molecular weight is 651 g/mol. The van der Waals surface area contributed by atoms with E-state index in [1.165, 1.54) is 12.3 Å². The van der Waals surface area contributed by atoms with Crippen LogP contribution < -0.4 is 31.5 Å². The van der Waals surface area contributed by atoms with Gasteiger partial charge in [-0.2, -0.15) is 18.2 Å². The van der Waals surface area contributed by atoms with Crippen LogP contribution in [0.5, 0.6) is 0 Å². The van der Waals surface area contributed by atoms with Gasteiger partial charge in [0.05, 0.1) is 11.6 Å². The highest BCUT2D eigenvalue weighted by Gasteiger charge is 2.35. The lowest BCUT2D eigenvalue weighted by molar-refractivity contribution is -0.137. The van der Waals surface area contributed by atoms with Crippen molar-refractivity contribution >= 4 is 41.2 Å². The minimum Gasteiger partial charge on any atom is -0.444 e. The maximum Gasteiger partial charge on any atom is 0.416 e. The van der Waals surface area contributed by atoms with Crippen LogP contribution in [0, 0.1) is 0 Å². The number of halogens is 3. The second-order valence-electron chi connectivity index (χ2n) is 13.4. The molecule has 0 unspecified atom stereocenters. The number of alkyl halides is 3. The molecule has 0 radical (unpaired) electrons. The average Bonchev–Trinajstić information content (AvgIpc) is 2.87. The standard InChI is InChI=1S/C30H41F3N8O5/c1-28(2,3)45-26(43)37-18-8-7-9-40(14-18)25-35-13-22(23(34)42)24(39-25)36-19-10-17(30(31,32)33)11-21(12-19)41-15-20(16-41)38-27(44)46-29(4,5)6/h10-13,18,20H,7-9,14-16H2,1-6H3,(H2,34,42)(H,37,43)(H,38,44)(H,35,36,39)/t18-/m0/s1.